The highest BCUT2D eigenvalue weighted by molar-refractivity contribution is 6.31. The summed E-state index contributed by atoms with van der Waals surface area (Å²) < 4.78 is 15.3. The molecule has 1 aliphatic heterocycles. The molecule has 146 valence electrons. The molecule has 1 saturated carbocycles. The van der Waals surface area contributed by atoms with Crippen molar-refractivity contribution >= 4 is 18.1 Å². The standard InChI is InChI=1S/C18H21ClFN3O.CH2O2/c19-16-3-2-15(20)6-14(16)11-22-9-12-7-17(23-5-1-4-21-23)18(24)8-13(12)10-22;2-1-3/h1-6,12-13,17-18,24H,7-11H2;1H,(H,2,3)/t12-,13+,17-,18-;/m1./s1. The highest BCUT2D eigenvalue weighted by Gasteiger charge is 2.42. The van der Waals surface area contributed by atoms with Gasteiger partial charge in [0, 0.05) is 37.1 Å². The van der Waals surface area contributed by atoms with Gasteiger partial charge in [0.05, 0.1) is 12.1 Å². The minimum atomic E-state index is -0.358. The van der Waals surface area contributed by atoms with Gasteiger partial charge in [-0.2, -0.15) is 5.10 Å². The Morgan fingerprint density at radius 3 is 2.67 bits per heavy atom. The minimum Gasteiger partial charge on any atom is -0.483 e. The fourth-order valence-electron chi connectivity index (χ4n) is 4.30. The Morgan fingerprint density at radius 2 is 2.00 bits per heavy atom. The number of likely N-dealkylation sites (tertiary alicyclic amines) is 1. The monoisotopic (exact) mass is 395 g/mol. The smallest absolute Gasteiger partial charge is 0.290 e. The van der Waals surface area contributed by atoms with E-state index in [1.807, 2.05) is 16.9 Å². The van der Waals surface area contributed by atoms with Gasteiger partial charge in [-0.1, -0.05) is 11.6 Å². The number of carboxylic acid groups (broad SMARTS) is 1. The van der Waals surface area contributed by atoms with Crippen LogP contribution in [0.15, 0.2) is 36.7 Å². The van der Waals surface area contributed by atoms with Gasteiger partial charge in [-0.15, -0.1) is 0 Å². The summed E-state index contributed by atoms with van der Waals surface area (Å²) >= 11 is 6.20. The van der Waals surface area contributed by atoms with Gasteiger partial charge in [-0.25, -0.2) is 4.39 Å². The van der Waals surface area contributed by atoms with E-state index < -0.39 is 0 Å². The van der Waals surface area contributed by atoms with Crippen LogP contribution in [0.2, 0.25) is 5.02 Å². The van der Waals surface area contributed by atoms with E-state index >= 15 is 0 Å². The number of aliphatic hydroxyl groups is 1. The third-order valence-electron chi connectivity index (χ3n) is 5.45. The van der Waals surface area contributed by atoms with Crippen molar-refractivity contribution in [2.45, 2.75) is 31.5 Å². The van der Waals surface area contributed by atoms with E-state index in [1.165, 1.54) is 12.1 Å². The molecule has 2 N–H and O–H groups in total. The summed E-state index contributed by atoms with van der Waals surface area (Å²) in [6.45, 7) is 2.30. The fraction of sp³-hybridized carbons (Fsp3) is 0.474. The van der Waals surface area contributed by atoms with Crippen LogP contribution in [-0.2, 0) is 11.3 Å². The maximum absolute atomic E-state index is 13.5. The zero-order valence-electron chi connectivity index (χ0n) is 14.8. The van der Waals surface area contributed by atoms with E-state index in [2.05, 4.69) is 10.00 Å². The molecule has 0 spiro atoms. The molecule has 2 aromatic rings. The van der Waals surface area contributed by atoms with Crippen LogP contribution in [0, 0.1) is 17.7 Å². The Morgan fingerprint density at radius 1 is 1.30 bits per heavy atom. The van der Waals surface area contributed by atoms with Crippen LogP contribution < -0.4 is 0 Å². The minimum absolute atomic E-state index is 0.0546. The van der Waals surface area contributed by atoms with Crippen molar-refractivity contribution < 1.29 is 19.4 Å². The quantitative estimate of drug-likeness (QED) is 0.781. The van der Waals surface area contributed by atoms with Crippen molar-refractivity contribution in [2.75, 3.05) is 13.1 Å². The van der Waals surface area contributed by atoms with Crippen molar-refractivity contribution in [3.63, 3.8) is 0 Å². The van der Waals surface area contributed by atoms with Crippen molar-refractivity contribution in [3.05, 3.63) is 53.1 Å². The van der Waals surface area contributed by atoms with Crippen LogP contribution in [0.3, 0.4) is 0 Å². The molecule has 1 aliphatic carbocycles. The molecule has 0 radical (unpaired) electrons. The van der Waals surface area contributed by atoms with Gasteiger partial charge in [0.15, 0.2) is 0 Å². The molecule has 1 aromatic heterocycles. The number of aliphatic hydroxyl groups excluding tert-OH is 1. The van der Waals surface area contributed by atoms with Crippen molar-refractivity contribution in [3.8, 4) is 0 Å². The first kappa shape index (κ1) is 19.8. The van der Waals surface area contributed by atoms with Crippen molar-refractivity contribution in [1.29, 1.82) is 0 Å². The number of hydrogen-bond donors (Lipinski definition) is 2. The van der Waals surface area contributed by atoms with E-state index in [9.17, 15) is 9.50 Å². The topological polar surface area (TPSA) is 78.6 Å². The van der Waals surface area contributed by atoms with Gasteiger partial charge in [0.2, 0.25) is 0 Å². The number of halogens is 2. The second kappa shape index (κ2) is 8.82. The summed E-state index contributed by atoms with van der Waals surface area (Å²) in [6.07, 6.45) is 5.05. The second-order valence-electron chi connectivity index (χ2n) is 7.15. The second-order valence-corrected chi connectivity index (χ2v) is 7.55. The van der Waals surface area contributed by atoms with Crippen LogP contribution in [0.25, 0.3) is 0 Å². The van der Waals surface area contributed by atoms with Gasteiger partial charge in [0.25, 0.3) is 6.47 Å². The average molecular weight is 396 g/mol. The Bertz CT molecular complexity index is 759. The molecule has 2 heterocycles. The first-order valence-corrected chi connectivity index (χ1v) is 9.31. The average Bonchev–Trinajstić information content (AvgIpc) is 3.27. The summed E-state index contributed by atoms with van der Waals surface area (Å²) in [4.78, 5) is 10.7. The zero-order valence-corrected chi connectivity index (χ0v) is 15.5. The Kier molecular flexibility index (Phi) is 6.46. The first-order valence-electron chi connectivity index (χ1n) is 8.93. The molecule has 2 fully saturated rings. The molecule has 6 nitrogen and oxygen atoms in total. The van der Waals surface area contributed by atoms with E-state index in [1.54, 1.807) is 12.3 Å². The number of nitrogens with zero attached hydrogens (tertiary/aromatic N) is 3. The van der Waals surface area contributed by atoms with Gasteiger partial charge >= 0.3 is 0 Å². The largest absolute Gasteiger partial charge is 0.483 e. The summed E-state index contributed by atoms with van der Waals surface area (Å²) in [5, 5.41) is 22.3. The molecule has 8 heteroatoms. The number of carbonyl (C=O) groups is 1. The lowest BCUT2D eigenvalue weighted by Crippen LogP contribution is -2.36. The Hall–Kier alpha value is -1.96. The van der Waals surface area contributed by atoms with E-state index in [-0.39, 0.29) is 24.4 Å². The summed E-state index contributed by atoms with van der Waals surface area (Å²) in [5.74, 6) is 0.772. The predicted molar refractivity (Wildman–Crippen MR) is 98.9 cm³/mol. The highest BCUT2D eigenvalue weighted by Crippen LogP contribution is 2.41. The van der Waals surface area contributed by atoms with E-state index in [0.717, 1.165) is 31.5 Å². The third-order valence-corrected chi connectivity index (χ3v) is 5.82. The summed E-state index contributed by atoms with van der Waals surface area (Å²) in [7, 11) is 0. The molecule has 2 aliphatic rings. The zero-order chi connectivity index (χ0) is 19.4. The Balaban J connectivity index is 0.000000659. The van der Waals surface area contributed by atoms with Crippen molar-refractivity contribution in [1.82, 2.24) is 14.7 Å². The summed E-state index contributed by atoms with van der Waals surface area (Å²) in [6, 6.07) is 6.48. The van der Waals surface area contributed by atoms with Crippen LogP contribution in [0.5, 0.6) is 0 Å². The lowest BCUT2D eigenvalue weighted by atomic mass is 9.77. The molecule has 27 heavy (non-hydrogen) atoms. The van der Waals surface area contributed by atoms with E-state index in [0.29, 0.717) is 23.4 Å². The maximum Gasteiger partial charge on any atom is 0.290 e. The molecule has 0 amide bonds. The number of benzene rings is 1. The molecule has 1 saturated heterocycles. The number of rotatable bonds is 3. The maximum atomic E-state index is 13.5. The van der Waals surface area contributed by atoms with Crippen LogP contribution in [-0.4, -0.2) is 50.6 Å². The molecular weight excluding hydrogens is 373 g/mol. The van der Waals surface area contributed by atoms with Gasteiger partial charge in [-0.05, 0) is 54.5 Å². The Labute approximate surface area is 162 Å². The normalized spacial score (nSPS) is 27.5. The highest BCUT2D eigenvalue weighted by atomic mass is 35.5. The van der Waals surface area contributed by atoms with Crippen molar-refractivity contribution in [2.24, 2.45) is 11.8 Å². The van der Waals surface area contributed by atoms with Crippen LogP contribution >= 0.6 is 11.6 Å². The van der Waals surface area contributed by atoms with Gasteiger partial charge in [-0.3, -0.25) is 14.4 Å². The molecule has 1 aromatic carbocycles. The number of aromatic nitrogens is 2. The van der Waals surface area contributed by atoms with Gasteiger partial charge < -0.3 is 10.2 Å². The van der Waals surface area contributed by atoms with E-state index in [4.69, 9.17) is 21.5 Å². The van der Waals surface area contributed by atoms with Crippen LogP contribution in [0.4, 0.5) is 4.39 Å². The van der Waals surface area contributed by atoms with Gasteiger partial charge in [0.1, 0.15) is 5.82 Å². The third kappa shape index (κ3) is 4.66. The fourth-order valence-corrected chi connectivity index (χ4v) is 4.48. The SMILES string of the molecule is O=CO.O[C@@H]1C[C@H]2CN(Cc3cc(F)ccc3Cl)C[C@H]2C[C@H]1n1cccn1. The molecule has 0 unspecified atom stereocenters. The molecule has 4 rings (SSSR count). The van der Waals surface area contributed by atoms with Crippen LogP contribution in [0.1, 0.15) is 24.4 Å². The molecule has 0 bridgehead atoms. The first-order chi connectivity index (χ1) is 13.0. The number of hydrogen-bond acceptors (Lipinski definition) is 4. The summed E-state index contributed by atoms with van der Waals surface area (Å²) in [5.41, 5.74) is 0.833. The lowest BCUT2D eigenvalue weighted by molar-refractivity contribution is -0.122. The molecular formula is C19H23ClFN3O3. The predicted octanol–water partition coefficient (Wildman–Crippen LogP) is 2.82. The lowest BCUT2D eigenvalue weighted by Gasteiger charge is -2.35. The molecule has 4 atom stereocenters. The number of fused-ring (bicyclic) bond motifs is 1.